The molecule has 0 saturated heterocycles. The van der Waals surface area contributed by atoms with E-state index in [1.54, 1.807) is 13.8 Å². The average Bonchev–Trinajstić information content (AvgIpc) is 2.93. The Morgan fingerprint density at radius 1 is 1.03 bits per heavy atom. The van der Waals surface area contributed by atoms with Crippen molar-refractivity contribution in [3.8, 4) is 11.8 Å². The monoisotopic (exact) mass is 426 g/mol. The van der Waals surface area contributed by atoms with E-state index in [1.807, 2.05) is 34.6 Å². The van der Waals surface area contributed by atoms with Gasteiger partial charge in [-0.05, 0) is 72.7 Å². The van der Waals surface area contributed by atoms with Crippen LogP contribution in [-0.2, 0) is 10.0 Å². The van der Waals surface area contributed by atoms with Crippen LogP contribution in [0, 0.1) is 0 Å². The smallest absolute Gasteiger partial charge is 0.444 e. The Kier molecular flexibility index (Phi) is 7.25. The normalized spacial score (nSPS) is 13.6. The van der Waals surface area contributed by atoms with Gasteiger partial charge in [-0.2, -0.15) is 9.40 Å². The number of benzene rings is 1. The van der Waals surface area contributed by atoms with Crippen molar-refractivity contribution in [3.63, 3.8) is 0 Å². The lowest BCUT2D eigenvalue weighted by Crippen LogP contribution is -2.52. The van der Waals surface area contributed by atoms with Crippen LogP contribution in [0.2, 0.25) is 0 Å². The molecule has 0 saturated carbocycles. The molecule has 162 valence electrons. The summed E-state index contributed by atoms with van der Waals surface area (Å²) in [6, 6.07) is 6.18. The van der Waals surface area contributed by atoms with Crippen LogP contribution in [0.15, 0.2) is 38.4 Å². The van der Waals surface area contributed by atoms with Gasteiger partial charge in [0, 0.05) is 12.1 Å². The van der Waals surface area contributed by atoms with Crippen LogP contribution >= 0.6 is 0 Å². The van der Waals surface area contributed by atoms with Crippen molar-refractivity contribution >= 4 is 10.0 Å². The van der Waals surface area contributed by atoms with E-state index in [2.05, 4.69) is 14.7 Å². The topological polar surface area (TPSA) is 107 Å². The van der Waals surface area contributed by atoms with Crippen LogP contribution in [0.4, 0.5) is 0 Å². The number of nitrogens with one attached hydrogen (secondary N) is 1. The molecule has 0 amide bonds. The van der Waals surface area contributed by atoms with E-state index in [4.69, 9.17) is 9.15 Å². The fourth-order valence-electron chi connectivity index (χ4n) is 3.28. The second kappa shape index (κ2) is 9.10. The molecule has 1 atom stereocenters. The van der Waals surface area contributed by atoms with Crippen LogP contribution < -0.4 is 15.2 Å². The molecule has 1 unspecified atom stereocenters. The number of sulfonamides is 1. The molecule has 29 heavy (non-hydrogen) atoms. The summed E-state index contributed by atoms with van der Waals surface area (Å²) >= 11 is 0. The minimum Gasteiger partial charge on any atom is -0.446 e. The summed E-state index contributed by atoms with van der Waals surface area (Å²) in [4.78, 5) is 14.1. The third kappa shape index (κ3) is 5.68. The molecular weight excluding hydrogens is 396 g/mol. The SMILES string of the molecule is CC(C)Oc1nn(-c2ccc(S(=O)(=O)NC(C)N(C(C)C)C(C)C)cc2)c(=O)o1. The van der Waals surface area contributed by atoms with Crippen LogP contribution in [0.5, 0.6) is 6.08 Å². The van der Waals surface area contributed by atoms with Gasteiger partial charge in [-0.25, -0.2) is 13.2 Å². The Balaban J connectivity index is 2.23. The second-order valence-corrected chi connectivity index (χ2v) is 9.35. The highest BCUT2D eigenvalue weighted by molar-refractivity contribution is 7.89. The molecular formula is C19H30N4O5S. The number of aromatic nitrogens is 2. The molecule has 1 N–H and O–H groups in total. The van der Waals surface area contributed by atoms with Crippen LogP contribution in [0.25, 0.3) is 5.69 Å². The summed E-state index contributed by atoms with van der Waals surface area (Å²) in [7, 11) is -3.74. The Morgan fingerprint density at radius 2 is 1.59 bits per heavy atom. The van der Waals surface area contributed by atoms with Crippen molar-refractivity contribution in [2.75, 3.05) is 0 Å². The number of hydrogen-bond acceptors (Lipinski definition) is 7. The Labute approximate surface area is 171 Å². The molecule has 0 spiro atoms. The largest absolute Gasteiger partial charge is 0.446 e. The van der Waals surface area contributed by atoms with Crippen LogP contribution in [0.1, 0.15) is 48.5 Å². The Bertz CT molecular complexity index is 953. The maximum atomic E-state index is 12.8. The van der Waals surface area contributed by atoms with Crippen molar-refractivity contribution in [1.82, 2.24) is 19.4 Å². The average molecular weight is 427 g/mol. The quantitative estimate of drug-likeness (QED) is 0.613. The number of hydrogen-bond donors (Lipinski definition) is 1. The number of nitrogens with zero attached hydrogens (tertiary/aromatic N) is 3. The predicted molar refractivity (Wildman–Crippen MR) is 110 cm³/mol. The lowest BCUT2D eigenvalue weighted by atomic mass is 10.2. The lowest BCUT2D eigenvalue weighted by Gasteiger charge is -2.36. The van der Waals surface area contributed by atoms with Gasteiger partial charge in [0.1, 0.15) is 0 Å². The van der Waals surface area contributed by atoms with Gasteiger partial charge >= 0.3 is 11.8 Å². The van der Waals surface area contributed by atoms with E-state index >= 15 is 0 Å². The summed E-state index contributed by atoms with van der Waals surface area (Å²) in [5.41, 5.74) is 0.371. The van der Waals surface area contributed by atoms with E-state index in [1.165, 1.54) is 24.3 Å². The predicted octanol–water partition coefficient (Wildman–Crippen LogP) is 2.36. The van der Waals surface area contributed by atoms with E-state index in [0.717, 1.165) is 4.68 Å². The molecule has 10 heteroatoms. The van der Waals surface area contributed by atoms with Crippen LogP contribution in [0.3, 0.4) is 0 Å². The van der Waals surface area contributed by atoms with Crippen molar-refractivity contribution in [2.24, 2.45) is 0 Å². The van der Waals surface area contributed by atoms with E-state index in [0.29, 0.717) is 5.69 Å². The van der Waals surface area contributed by atoms with Gasteiger partial charge in [-0.1, -0.05) is 5.10 Å². The standard InChI is InChI=1S/C19H30N4O5S/c1-12(2)22(13(3)4)15(7)21-29(25,26)17-10-8-16(9-11-17)23-19(24)28-18(20-23)27-14(5)6/h8-15,21H,1-7H3. The third-order valence-electron chi connectivity index (χ3n) is 4.22. The van der Waals surface area contributed by atoms with Gasteiger partial charge in [0.05, 0.1) is 22.9 Å². The minimum atomic E-state index is -3.74. The molecule has 1 aromatic carbocycles. The molecule has 0 aliphatic rings. The maximum Gasteiger partial charge on any atom is 0.444 e. The van der Waals surface area contributed by atoms with Crippen molar-refractivity contribution in [2.45, 2.75) is 77.7 Å². The zero-order valence-corrected chi connectivity index (χ0v) is 18.7. The number of ether oxygens (including phenoxy) is 1. The highest BCUT2D eigenvalue weighted by atomic mass is 32.2. The zero-order valence-electron chi connectivity index (χ0n) is 17.9. The molecule has 9 nitrogen and oxygen atoms in total. The molecule has 0 aliphatic carbocycles. The minimum absolute atomic E-state index is 0.0933. The summed E-state index contributed by atoms with van der Waals surface area (Å²) in [5.74, 6) is -0.715. The molecule has 0 radical (unpaired) electrons. The van der Waals surface area contributed by atoms with Gasteiger partial charge in [-0.15, -0.1) is 0 Å². The summed E-state index contributed by atoms with van der Waals surface area (Å²) in [6.45, 7) is 13.5. The molecule has 0 bridgehead atoms. The number of rotatable bonds is 9. The zero-order chi connectivity index (χ0) is 21.9. The highest BCUT2D eigenvalue weighted by Crippen LogP contribution is 2.16. The Morgan fingerprint density at radius 3 is 2.07 bits per heavy atom. The molecule has 1 aromatic heterocycles. The van der Waals surface area contributed by atoms with Gasteiger partial charge in [0.2, 0.25) is 10.0 Å². The first kappa shape index (κ1) is 23.1. The fourth-order valence-corrected chi connectivity index (χ4v) is 4.49. The van der Waals surface area contributed by atoms with Crippen molar-refractivity contribution in [1.29, 1.82) is 0 Å². The molecule has 2 rings (SSSR count). The first-order chi connectivity index (χ1) is 13.4. The molecule has 2 aromatic rings. The van der Waals surface area contributed by atoms with Gasteiger partial charge in [0.15, 0.2) is 0 Å². The van der Waals surface area contributed by atoms with E-state index in [-0.39, 0.29) is 35.3 Å². The molecule has 1 heterocycles. The van der Waals surface area contributed by atoms with Gasteiger partial charge < -0.3 is 9.15 Å². The third-order valence-corrected chi connectivity index (χ3v) is 5.77. The summed E-state index contributed by atoms with van der Waals surface area (Å²) in [5, 5.41) is 3.97. The van der Waals surface area contributed by atoms with Gasteiger partial charge in [0.25, 0.3) is 0 Å². The first-order valence-corrected chi connectivity index (χ1v) is 11.1. The van der Waals surface area contributed by atoms with Crippen molar-refractivity contribution < 1.29 is 17.6 Å². The maximum absolute atomic E-state index is 12.8. The van der Waals surface area contributed by atoms with E-state index in [9.17, 15) is 13.2 Å². The van der Waals surface area contributed by atoms with Crippen molar-refractivity contribution in [3.05, 3.63) is 34.8 Å². The van der Waals surface area contributed by atoms with E-state index < -0.39 is 15.8 Å². The fraction of sp³-hybridized carbons (Fsp3) is 0.579. The second-order valence-electron chi connectivity index (χ2n) is 7.64. The first-order valence-electron chi connectivity index (χ1n) is 9.59. The summed E-state index contributed by atoms with van der Waals surface area (Å²) < 4.78 is 39.5. The molecule has 0 aliphatic heterocycles. The lowest BCUT2D eigenvalue weighted by molar-refractivity contribution is 0.116. The summed E-state index contributed by atoms with van der Waals surface area (Å²) in [6.07, 6.45) is -0.716. The molecule has 0 fully saturated rings. The Hall–Kier alpha value is -2.17. The van der Waals surface area contributed by atoms with Gasteiger partial charge in [-0.3, -0.25) is 4.90 Å². The van der Waals surface area contributed by atoms with Crippen LogP contribution in [-0.4, -0.2) is 47.5 Å². The highest BCUT2D eigenvalue weighted by Gasteiger charge is 2.25.